The lowest BCUT2D eigenvalue weighted by Crippen LogP contribution is -2.52. The number of nitrogens with two attached hydrogens (primary N) is 1. The maximum atomic E-state index is 6.29. The summed E-state index contributed by atoms with van der Waals surface area (Å²) in [6.07, 6.45) is 3.35. The zero-order valence-corrected chi connectivity index (χ0v) is 10.0. The predicted octanol–water partition coefficient (Wildman–Crippen LogP) is 1.13. The number of nitrogens with one attached hydrogen (secondary N) is 1. The van der Waals surface area contributed by atoms with Crippen molar-refractivity contribution in [2.45, 2.75) is 38.6 Å². The second-order valence-corrected chi connectivity index (χ2v) is 6.00. The van der Waals surface area contributed by atoms with Gasteiger partial charge in [0.2, 0.25) is 0 Å². The zero-order valence-electron chi connectivity index (χ0n) is 10.0. The lowest BCUT2D eigenvalue weighted by molar-refractivity contribution is 0.0531. The molecule has 0 bridgehead atoms. The van der Waals surface area contributed by atoms with Crippen LogP contribution in [0, 0.1) is 11.3 Å². The van der Waals surface area contributed by atoms with Gasteiger partial charge in [0, 0.05) is 25.3 Å². The fourth-order valence-electron chi connectivity index (χ4n) is 2.37. The molecule has 1 atom stereocenters. The zero-order chi connectivity index (χ0) is 10.9. The highest BCUT2D eigenvalue weighted by Crippen LogP contribution is 2.50. The van der Waals surface area contributed by atoms with Crippen LogP contribution < -0.4 is 11.1 Å². The van der Waals surface area contributed by atoms with E-state index in [9.17, 15) is 0 Å². The van der Waals surface area contributed by atoms with Crippen molar-refractivity contribution < 1.29 is 4.74 Å². The van der Waals surface area contributed by atoms with Crippen LogP contribution in [0.1, 0.15) is 33.1 Å². The Balaban J connectivity index is 1.65. The molecule has 2 rings (SSSR count). The van der Waals surface area contributed by atoms with Gasteiger partial charge in [-0.1, -0.05) is 13.8 Å². The fourth-order valence-corrected chi connectivity index (χ4v) is 2.37. The second-order valence-electron chi connectivity index (χ2n) is 6.00. The molecule has 1 aliphatic carbocycles. The molecule has 0 radical (unpaired) electrons. The number of hydrogen-bond acceptors (Lipinski definition) is 3. The van der Waals surface area contributed by atoms with Gasteiger partial charge in [-0.3, -0.25) is 0 Å². The van der Waals surface area contributed by atoms with Gasteiger partial charge in [0.25, 0.3) is 0 Å². The average molecular weight is 212 g/mol. The van der Waals surface area contributed by atoms with Gasteiger partial charge in [0.05, 0.1) is 0 Å². The summed E-state index contributed by atoms with van der Waals surface area (Å²) in [6, 6.07) is 0. The Bertz CT molecular complexity index is 222. The molecule has 3 heteroatoms. The standard InChI is InChI=1S/C12H24N2O/c1-11(2)7-10(11)8-14-9-12(13)3-5-15-6-4-12/h10,14H,3-9,13H2,1-2H3. The van der Waals surface area contributed by atoms with Crippen molar-refractivity contribution in [1.82, 2.24) is 5.32 Å². The molecule has 0 aromatic carbocycles. The van der Waals surface area contributed by atoms with Crippen LogP contribution in [0.3, 0.4) is 0 Å². The van der Waals surface area contributed by atoms with Crippen LogP contribution in [0.25, 0.3) is 0 Å². The molecule has 0 spiro atoms. The second kappa shape index (κ2) is 4.04. The van der Waals surface area contributed by atoms with E-state index < -0.39 is 0 Å². The Morgan fingerprint density at radius 3 is 2.47 bits per heavy atom. The third-order valence-electron chi connectivity index (χ3n) is 4.07. The molecule has 88 valence electrons. The number of rotatable bonds is 4. The maximum Gasteiger partial charge on any atom is 0.0484 e. The number of hydrogen-bond donors (Lipinski definition) is 2. The van der Waals surface area contributed by atoms with Crippen LogP contribution in [0.2, 0.25) is 0 Å². The Kier molecular flexibility index (Phi) is 3.06. The van der Waals surface area contributed by atoms with E-state index in [-0.39, 0.29) is 5.54 Å². The van der Waals surface area contributed by atoms with Gasteiger partial charge in [0.15, 0.2) is 0 Å². The highest BCUT2D eigenvalue weighted by atomic mass is 16.5. The first-order chi connectivity index (χ1) is 7.02. The van der Waals surface area contributed by atoms with E-state index in [0.29, 0.717) is 5.41 Å². The summed E-state index contributed by atoms with van der Waals surface area (Å²) in [4.78, 5) is 0. The van der Waals surface area contributed by atoms with Crippen LogP contribution in [0.15, 0.2) is 0 Å². The largest absolute Gasteiger partial charge is 0.381 e. The minimum atomic E-state index is -0.0166. The summed E-state index contributed by atoms with van der Waals surface area (Å²) < 4.78 is 5.33. The van der Waals surface area contributed by atoms with E-state index >= 15 is 0 Å². The molecular formula is C12H24N2O. The maximum absolute atomic E-state index is 6.29. The topological polar surface area (TPSA) is 47.3 Å². The van der Waals surface area contributed by atoms with Crippen LogP contribution in [0.5, 0.6) is 0 Å². The van der Waals surface area contributed by atoms with Crippen molar-refractivity contribution in [3.63, 3.8) is 0 Å². The molecule has 2 aliphatic rings. The summed E-state index contributed by atoms with van der Waals surface area (Å²) in [5.41, 5.74) is 6.85. The molecule has 0 aromatic rings. The summed E-state index contributed by atoms with van der Waals surface area (Å²) in [7, 11) is 0. The Morgan fingerprint density at radius 2 is 1.93 bits per heavy atom. The molecule has 1 aliphatic heterocycles. The van der Waals surface area contributed by atoms with Crippen molar-refractivity contribution in [3.05, 3.63) is 0 Å². The molecule has 0 aromatic heterocycles. The van der Waals surface area contributed by atoms with Gasteiger partial charge in [0.1, 0.15) is 0 Å². The molecule has 1 saturated carbocycles. The lowest BCUT2D eigenvalue weighted by Gasteiger charge is -2.33. The van der Waals surface area contributed by atoms with Gasteiger partial charge < -0.3 is 15.8 Å². The molecule has 2 fully saturated rings. The number of ether oxygens (including phenoxy) is 1. The Hall–Kier alpha value is -0.120. The van der Waals surface area contributed by atoms with Crippen LogP contribution >= 0.6 is 0 Å². The first-order valence-corrected chi connectivity index (χ1v) is 6.09. The van der Waals surface area contributed by atoms with E-state index in [0.717, 1.165) is 45.1 Å². The van der Waals surface area contributed by atoms with E-state index in [1.54, 1.807) is 0 Å². The summed E-state index contributed by atoms with van der Waals surface area (Å²) in [6.45, 7) is 8.41. The van der Waals surface area contributed by atoms with Gasteiger partial charge >= 0.3 is 0 Å². The fraction of sp³-hybridized carbons (Fsp3) is 1.00. The molecule has 1 heterocycles. The van der Waals surface area contributed by atoms with E-state index in [4.69, 9.17) is 10.5 Å². The van der Waals surface area contributed by atoms with Gasteiger partial charge in [-0.15, -0.1) is 0 Å². The van der Waals surface area contributed by atoms with Crippen molar-refractivity contribution in [2.75, 3.05) is 26.3 Å². The van der Waals surface area contributed by atoms with Crippen molar-refractivity contribution in [3.8, 4) is 0 Å². The van der Waals surface area contributed by atoms with Crippen LogP contribution in [-0.4, -0.2) is 31.8 Å². The smallest absolute Gasteiger partial charge is 0.0484 e. The van der Waals surface area contributed by atoms with Gasteiger partial charge in [-0.05, 0) is 37.1 Å². The average Bonchev–Trinajstić information content (AvgIpc) is 2.75. The van der Waals surface area contributed by atoms with Crippen molar-refractivity contribution in [1.29, 1.82) is 0 Å². The Labute approximate surface area is 92.7 Å². The summed E-state index contributed by atoms with van der Waals surface area (Å²) >= 11 is 0. The van der Waals surface area contributed by atoms with Gasteiger partial charge in [-0.25, -0.2) is 0 Å². The molecule has 1 saturated heterocycles. The summed E-state index contributed by atoms with van der Waals surface area (Å²) in [5.74, 6) is 0.862. The molecule has 0 amide bonds. The highest BCUT2D eigenvalue weighted by molar-refractivity contribution is 4.97. The normalized spacial score (nSPS) is 32.6. The van der Waals surface area contributed by atoms with E-state index in [2.05, 4.69) is 19.2 Å². The van der Waals surface area contributed by atoms with Crippen LogP contribution in [-0.2, 0) is 4.74 Å². The van der Waals surface area contributed by atoms with E-state index in [1.807, 2.05) is 0 Å². The van der Waals surface area contributed by atoms with Gasteiger partial charge in [-0.2, -0.15) is 0 Å². The first-order valence-electron chi connectivity index (χ1n) is 6.09. The SMILES string of the molecule is CC1(C)CC1CNCC1(N)CCOCC1. The lowest BCUT2D eigenvalue weighted by atomic mass is 9.91. The highest BCUT2D eigenvalue weighted by Gasteiger charge is 2.45. The van der Waals surface area contributed by atoms with Crippen molar-refractivity contribution >= 4 is 0 Å². The molecule has 15 heavy (non-hydrogen) atoms. The molecule has 1 unspecified atom stereocenters. The van der Waals surface area contributed by atoms with E-state index in [1.165, 1.54) is 6.42 Å². The third-order valence-corrected chi connectivity index (χ3v) is 4.07. The monoisotopic (exact) mass is 212 g/mol. The minimum Gasteiger partial charge on any atom is -0.381 e. The molecule has 3 nitrogen and oxygen atoms in total. The minimum absolute atomic E-state index is 0.0166. The Morgan fingerprint density at radius 1 is 1.33 bits per heavy atom. The third kappa shape index (κ3) is 2.92. The van der Waals surface area contributed by atoms with Crippen LogP contribution in [0.4, 0.5) is 0 Å². The first kappa shape index (κ1) is 11.4. The van der Waals surface area contributed by atoms with Crippen molar-refractivity contribution in [2.24, 2.45) is 17.1 Å². The molecular weight excluding hydrogens is 188 g/mol. The summed E-state index contributed by atoms with van der Waals surface area (Å²) in [5, 5.41) is 3.53. The quantitative estimate of drug-likeness (QED) is 0.734. The molecule has 3 N–H and O–H groups in total. The predicted molar refractivity (Wildman–Crippen MR) is 61.7 cm³/mol.